The maximum absolute atomic E-state index is 5.54. The molecule has 6 heteroatoms. The molecule has 0 atom stereocenters. The summed E-state index contributed by atoms with van der Waals surface area (Å²) in [6.07, 6.45) is 0.968. The van der Waals surface area contributed by atoms with Crippen LogP contribution in [-0.4, -0.2) is 23.9 Å². The first kappa shape index (κ1) is 11.5. The zero-order valence-electron chi connectivity index (χ0n) is 8.97. The molecule has 2 aromatic rings. The predicted molar refractivity (Wildman–Crippen MR) is 67.1 cm³/mol. The Morgan fingerprint density at radius 3 is 3.06 bits per heavy atom. The third-order valence-corrected chi connectivity index (χ3v) is 3.83. The number of nitrogens with zero attached hydrogens (tertiary/aromatic N) is 2. The number of rotatable bonds is 6. The fraction of sp³-hybridized carbons (Fsp3) is 0.400. The number of aromatic nitrogens is 2. The smallest absolute Gasteiger partial charge is 0.205 e. The van der Waals surface area contributed by atoms with Crippen molar-refractivity contribution in [1.82, 2.24) is 10.2 Å². The van der Waals surface area contributed by atoms with Gasteiger partial charge >= 0.3 is 0 Å². The van der Waals surface area contributed by atoms with Crippen LogP contribution in [0.5, 0.6) is 0 Å². The molecule has 2 aromatic heterocycles. The Hall–Kier alpha value is -0.980. The van der Waals surface area contributed by atoms with Gasteiger partial charge in [-0.15, -0.1) is 21.5 Å². The highest BCUT2D eigenvalue weighted by atomic mass is 32.1. The second-order valence-electron chi connectivity index (χ2n) is 3.13. The van der Waals surface area contributed by atoms with Gasteiger partial charge in [-0.2, -0.15) is 0 Å². The van der Waals surface area contributed by atoms with Crippen LogP contribution in [0.25, 0.3) is 0 Å². The molecule has 0 aliphatic rings. The minimum atomic E-state index is 0.546. The summed E-state index contributed by atoms with van der Waals surface area (Å²) in [7, 11) is 1.84. The molecule has 0 fully saturated rings. The summed E-state index contributed by atoms with van der Waals surface area (Å²) in [4.78, 5) is 1.35. The van der Waals surface area contributed by atoms with Gasteiger partial charge in [-0.3, -0.25) is 0 Å². The highest BCUT2D eigenvalue weighted by Gasteiger charge is 2.02. The van der Waals surface area contributed by atoms with Gasteiger partial charge < -0.3 is 10.1 Å². The molecule has 0 aliphatic heterocycles. The van der Waals surface area contributed by atoms with E-state index in [2.05, 4.69) is 33.0 Å². The van der Waals surface area contributed by atoms with Gasteiger partial charge in [0.25, 0.3) is 0 Å². The fourth-order valence-corrected chi connectivity index (χ4v) is 2.52. The summed E-state index contributed by atoms with van der Waals surface area (Å²) in [5.41, 5.74) is 0. The lowest BCUT2D eigenvalue weighted by Gasteiger charge is -1.99. The molecule has 2 rings (SSSR count). The van der Waals surface area contributed by atoms with Crippen molar-refractivity contribution in [3.63, 3.8) is 0 Å². The average molecular weight is 255 g/mol. The van der Waals surface area contributed by atoms with E-state index < -0.39 is 0 Å². The summed E-state index contributed by atoms with van der Waals surface area (Å²) in [6, 6.07) is 4.18. The molecule has 16 heavy (non-hydrogen) atoms. The van der Waals surface area contributed by atoms with Crippen molar-refractivity contribution in [3.8, 4) is 0 Å². The summed E-state index contributed by atoms with van der Waals surface area (Å²) in [5, 5.41) is 14.7. The number of thiophene rings is 1. The first-order valence-electron chi connectivity index (χ1n) is 4.99. The monoisotopic (exact) mass is 255 g/mol. The number of anilines is 1. The van der Waals surface area contributed by atoms with Crippen LogP contribution in [0.15, 0.2) is 17.5 Å². The van der Waals surface area contributed by atoms with Crippen molar-refractivity contribution >= 4 is 27.8 Å². The lowest BCUT2D eigenvalue weighted by molar-refractivity contribution is 0.123. The molecule has 4 nitrogen and oxygen atoms in total. The van der Waals surface area contributed by atoms with E-state index in [0.717, 1.165) is 23.2 Å². The predicted octanol–water partition coefficient (Wildman–Crippen LogP) is 2.40. The van der Waals surface area contributed by atoms with E-state index in [1.165, 1.54) is 16.2 Å². The van der Waals surface area contributed by atoms with E-state index in [-0.39, 0.29) is 0 Å². The van der Waals surface area contributed by atoms with Crippen LogP contribution in [-0.2, 0) is 17.8 Å². The number of hydrogen-bond acceptors (Lipinski definition) is 6. The SMILES string of the molecule is CNc1nnc(COCCc2cccs2)s1. The van der Waals surface area contributed by atoms with Crippen molar-refractivity contribution < 1.29 is 4.74 Å². The molecule has 2 heterocycles. The van der Waals surface area contributed by atoms with Crippen LogP contribution in [0.1, 0.15) is 9.88 Å². The molecule has 0 aliphatic carbocycles. The molecule has 0 amide bonds. The second-order valence-corrected chi connectivity index (χ2v) is 5.23. The summed E-state index contributed by atoms with van der Waals surface area (Å²) in [5.74, 6) is 0. The molecule has 0 radical (unpaired) electrons. The normalized spacial score (nSPS) is 10.6. The maximum Gasteiger partial charge on any atom is 0.205 e. The van der Waals surface area contributed by atoms with E-state index in [4.69, 9.17) is 4.74 Å². The Balaban J connectivity index is 1.68. The molecule has 1 N–H and O–H groups in total. The Bertz CT molecular complexity index is 413. The Morgan fingerprint density at radius 1 is 1.44 bits per heavy atom. The van der Waals surface area contributed by atoms with Crippen LogP contribution in [0.4, 0.5) is 5.13 Å². The third kappa shape index (κ3) is 3.26. The van der Waals surface area contributed by atoms with Crippen molar-refractivity contribution in [2.45, 2.75) is 13.0 Å². The summed E-state index contributed by atoms with van der Waals surface area (Å²) >= 11 is 3.29. The van der Waals surface area contributed by atoms with Crippen LogP contribution in [0.3, 0.4) is 0 Å². The first-order valence-corrected chi connectivity index (χ1v) is 6.68. The largest absolute Gasteiger partial charge is 0.374 e. The summed E-state index contributed by atoms with van der Waals surface area (Å²) < 4.78 is 5.54. The van der Waals surface area contributed by atoms with Crippen LogP contribution in [0.2, 0.25) is 0 Å². The Morgan fingerprint density at radius 2 is 2.38 bits per heavy atom. The van der Waals surface area contributed by atoms with Gasteiger partial charge in [-0.1, -0.05) is 17.4 Å². The second kappa shape index (κ2) is 5.93. The van der Waals surface area contributed by atoms with Gasteiger partial charge in [0.05, 0.1) is 6.61 Å². The minimum absolute atomic E-state index is 0.546. The molecule has 0 aromatic carbocycles. The van der Waals surface area contributed by atoms with Gasteiger partial charge in [0.2, 0.25) is 5.13 Å². The Kier molecular flexibility index (Phi) is 4.26. The molecule has 0 saturated heterocycles. The van der Waals surface area contributed by atoms with Gasteiger partial charge in [-0.25, -0.2) is 0 Å². The summed E-state index contributed by atoms with van der Waals surface area (Å²) in [6.45, 7) is 1.28. The molecule has 0 spiro atoms. The molecule has 0 bridgehead atoms. The molecular weight excluding hydrogens is 242 g/mol. The van der Waals surface area contributed by atoms with Crippen molar-refractivity contribution in [3.05, 3.63) is 27.4 Å². The van der Waals surface area contributed by atoms with Crippen molar-refractivity contribution in [2.24, 2.45) is 0 Å². The third-order valence-electron chi connectivity index (χ3n) is 1.98. The molecule has 86 valence electrons. The maximum atomic E-state index is 5.54. The van der Waals surface area contributed by atoms with Gasteiger partial charge in [-0.05, 0) is 11.4 Å². The molecule has 0 unspecified atom stereocenters. The lowest BCUT2D eigenvalue weighted by Crippen LogP contribution is -1.97. The fourth-order valence-electron chi connectivity index (χ4n) is 1.20. The first-order chi connectivity index (χ1) is 7.88. The van der Waals surface area contributed by atoms with Crippen LogP contribution < -0.4 is 5.32 Å². The van der Waals surface area contributed by atoms with Crippen molar-refractivity contribution in [1.29, 1.82) is 0 Å². The van der Waals surface area contributed by atoms with Gasteiger partial charge in [0, 0.05) is 18.3 Å². The minimum Gasteiger partial charge on any atom is -0.374 e. The highest BCUT2D eigenvalue weighted by Crippen LogP contribution is 2.15. The quantitative estimate of drug-likeness (QED) is 0.805. The van der Waals surface area contributed by atoms with E-state index in [1.54, 1.807) is 11.3 Å². The lowest BCUT2D eigenvalue weighted by atomic mass is 10.4. The zero-order valence-corrected chi connectivity index (χ0v) is 10.6. The molecule has 0 saturated carbocycles. The zero-order chi connectivity index (χ0) is 11.2. The average Bonchev–Trinajstić information content (AvgIpc) is 2.95. The van der Waals surface area contributed by atoms with E-state index in [1.807, 2.05) is 7.05 Å². The molecular formula is C10H13N3OS2. The topological polar surface area (TPSA) is 47.0 Å². The van der Waals surface area contributed by atoms with Crippen molar-refractivity contribution in [2.75, 3.05) is 19.0 Å². The van der Waals surface area contributed by atoms with E-state index in [9.17, 15) is 0 Å². The number of nitrogens with one attached hydrogen (secondary N) is 1. The number of hydrogen-bond donors (Lipinski definition) is 1. The number of ether oxygens (including phenoxy) is 1. The van der Waals surface area contributed by atoms with Gasteiger partial charge in [0.15, 0.2) is 0 Å². The van der Waals surface area contributed by atoms with Crippen LogP contribution in [0, 0.1) is 0 Å². The van der Waals surface area contributed by atoms with Gasteiger partial charge in [0.1, 0.15) is 11.6 Å². The Labute approximate surface area is 102 Å². The van der Waals surface area contributed by atoms with E-state index >= 15 is 0 Å². The van der Waals surface area contributed by atoms with Crippen LogP contribution >= 0.6 is 22.7 Å². The van der Waals surface area contributed by atoms with E-state index in [0.29, 0.717) is 6.61 Å². The highest BCUT2D eigenvalue weighted by molar-refractivity contribution is 7.15. The standard InChI is InChI=1S/C10H13N3OS2/c1-11-10-13-12-9(16-10)7-14-5-4-8-3-2-6-15-8/h2-3,6H,4-5,7H2,1H3,(H,11,13).